The lowest BCUT2D eigenvalue weighted by atomic mass is 10.0. The highest BCUT2D eigenvalue weighted by Crippen LogP contribution is 2.26. The molecule has 0 spiro atoms. The molecule has 0 saturated carbocycles. The van der Waals surface area contributed by atoms with Crippen molar-refractivity contribution in [3.8, 4) is 0 Å². The van der Waals surface area contributed by atoms with Gasteiger partial charge in [0.2, 0.25) is 11.9 Å². The zero-order chi connectivity index (χ0) is 15.3. The number of nitrogens with zero attached hydrogens (tertiary/aromatic N) is 1. The second-order valence-corrected chi connectivity index (χ2v) is 4.37. The molecule has 0 aliphatic carbocycles. The Morgan fingerprint density at radius 3 is 2.60 bits per heavy atom. The van der Waals surface area contributed by atoms with Gasteiger partial charge in [0, 0.05) is 23.8 Å². The van der Waals surface area contributed by atoms with Crippen LogP contribution < -0.4 is 5.32 Å². The van der Waals surface area contributed by atoms with Gasteiger partial charge in [-0.3, -0.25) is 14.9 Å². The lowest BCUT2D eigenvalue weighted by molar-refractivity contribution is -0.524. The minimum Gasteiger partial charge on any atom is -0.478 e. The number of aromatic carboxylic acids is 1. The van der Waals surface area contributed by atoms with Gasteiger partial charge >= 0.3 is 5.97 Å². The highest BCUT2D eigenvalue weighted by atomic mass is 16.6. The predicted octanol–water partition coefficient (Wildman–Crippen LogP) is 2.46. The molecule has 7 nitrogen and oxygen atoms in total. The normalized spacial score (nSPS) is 11.7. The molecule has 1 rings (SSSR count). The number of hydrogen-bond donors (Lipinski definition) is 2. The largest absolute Gasteiger partial charge is 0.478 e. The number of amides is 1. The van der Waals surface area contributed by atoms with E-state index in [9.17, 15) is 19.7 Å². The number of benzene rings is 1. The van der Waals surface area contributed by atoms with E-state index in [0.29, 0.717) is 6.42 Å². The standard InChI is InChI=1S/C13H16N2O5/c1-3-4-12(16)14-11-7-9(13(17)18)5-6-10(11)8(2)15(19)20/h5-8H,3-4H2,1-2H3,(H,14,16)(H,17,18). The SMILES string of the molecule is CCCC(=O)Nc1cc(C(=O)O)ccc1C(C)[N+](=O)[O-]. The summed E-state index contributed by atoms with van der Waals surface area (Å²) in [6, 6.07) is 2.85. The maximum absolute atomic E-state index is 11.6. The first-order valence-electron chi connectivity index (χ1n) is 6.17. The van der Waals surface area contributed by atoms with Crippen molar-refractivity contribution in [2.24, 2.45) is 0 Å². The summed E-state index contributed by atoms with van der Waals surface area (Å²) in [5.41, 5.74) is 0.424. The van der Waals surface area contributed by atoms with Crippen LogP contribution in [0, 0.1) is 10.1 Å². The Labute approximate surface area is 115 Å². The second kappa shape index (κ2) is 6.65. The smallest absolute Gasteiger partial charge is 0.335 e. The van der Waals surface area contributed by atoms with E-state index >= 15 is 0 Å². The summed E-state index contributed by atoms with van der Waals surface area (Å²) in [5.74, 6) is -1.46. The van der Waals surface area contributed by atoms with Crippen molar-refractivity contribution in [3.63, 3.8) is 0 Å². The van der Waals surface area contributed by atoms with Crippen molar-refractivity contribution < 1.29 is 19.6 Å². The average Bonchev–Trinajstić information content (AvgIpc) is 2.37. The molecule has 1 aromatic carbocycles. The quantitative estimate of drug-likeness (QED) is 0.614. The maximum atomic E-state index is 11.6. The number of carbonyl (C=O) groups excluding carboxylic acids is 1. The van der Waals surface area contributed by atoms with E-state index in [4.69, 9.17) is 5.11 Å². The average molecular weight is 280 g/mol. The summed E-state index contributed by atoms with van der Waals surface area (Å²) in [5, 5.41) is 22.3. The molecule has 1 amide bonds. The third-order valence-electron chi connectivity index (χ3n) is 2.82. The molecule has 1 aromatic rings. The molecule has 0 bridgehead atoms. The van der Waals surface area contributed by atoms with Crippen molar-refractivity contribution in [3.05, 3.63) is 39.4 Å². The van der Waals surface area contributed by atoms with Gasteiger partial charge in [0.15, 0.2) is 0 Å². The fraction of sp³-hybridized carbons (Fsp3) is 0.385. The summed E-state index contributed by atoms with van der Waals surface area (Å²) in [4.78, 5) is 32.9. The molecular formula is C13H16N2O5. The first-order valence-corrected chi connectivity index (χ1v) is 6.17. The Hall–Kier alpha value is -2.44. The van der Waals surface area contributed by atoms with E-state index < -0.39 is 16.9 Å². The molecule has 108 valence electrons. The molecular weight excluding hydrogens is 264 g/mol. The van der Waals surface area contributed by atoms with Gasteiger partial charge in [-0.1, -0.05) is 6.92 Å². The van der Waals surface area contributed by atoms with Crippen LogP contribution in [0.3, 0.4) is 0 Å². The molecule has 0 heterocycles. The van der Waals surface area contributed by atoms with Gasteiger partial charge in [-0.25, -0.2) is 4.79 Å². The van der Waals surface area contributed by atoms with Crippen molar-refractivity contribution in [1.29, 1.82) is 0 Å². The Kier molecular flexibility index (Phi) is 5.19. The van der Waals surface area contributed by atoms with Crippen LogP contribution in [0.2, 0.25) is 0 Å². The van der Waals surface area contributed by atoms with Gasteiger partial charge < -0.3 is 10.4 Å². The van der Waals surface area contributed by atoms with Gasteiger partial charge in [-0.05, 0) is 24.6 Å². The summed E-state index contributed by atoms with van der Waals surface area (Å²) in [7, 11) is 0. The molecule has 0 saturated heterocycles. The van der Waals surface area contributed by atoms with Crippen LogP contribution in [0.5, 0.6) is 0 Å². The third-order valence-corrected chi connectivity index (χ3v) is 2.82. The second-order valence-electron chi connectivity index (χ2n) is 4.37. The number of anilines is 1. The first-order chi connectivity index (χ1) is 9.36. The van der Waals surface area contributed by atoms with Gasteiger partial charge in [0.25, 0.3) is 0 Å². The Morgan fingerprint density at radius 1 is 1.45 bits per heavy atom. The number of carboxylic acids is 1. The van der Waals surface area contributed by atoms with Gasteiger partial charge in [-0.15, -0.1) is 0 Å². The summed E-state index contributed by atoms with van der Waals surface area (Å²) < 4.78 is 0. The molecule has 0 aliphatic rings. The van der Waals surface area contributed by atoms with Crippen molar-refractivity contribution in [2.45, 2.75) is 32.7 Å². The Bertz CT molecular complexity index is 542. The number of hydrogen-bond acceptors (Lipinski definition) is 4. The molecule has 1 atom stereocenters. The van der Waals surface area contributed by atoms with E-state index in [1.807, 2.05) is 6.92 Å². The Balaban J connectivity index is 3.19. The number of nitro groups is 1. The van der Waals surface area contributed by atoms with Crippen LogP contribution >= 0.6 is 0 Å². The van der Waals surface area contributed by atoms with Crippen LogP contribution in [-0.4, -0.2) is 21.9 Å². The van der Waals surface area contributed by atoms with E-state index in [1.165, 1.54) is 25.1 Å². The van der Waals surface area contributed by atoms with Crippen LogP contribution in [0.25, 0.3) is 0 Å². The van der Waals surface area contributed by atoms with Crippen LogP contribution in [0.4, 0.5) is 5.69 Å². The predicted molar refractivity (Wildman–Crippen MR) is 72.3 cm³/mol. The topological polar surface area (TPSA) is 110 Å². The molecule has 7 heteroatoms. The lowest BCUT2D eigenvalue weighted by Gasteiger charge is -2.13. The molecule has 0 aliphatic heterocycles. The molecule has 0 radical (unpaired) electrons. The Morgan fingerprint density at radius 2 is 2.10 bits per heavy atom. The zero-order valence-corrected chi connectivity index (χ0v) is 11.3. The maximum Gasteiger partial charge on any atom is 0.335 e. The summed E-state index contributed by atoms with van der Waals surface area (Å²) in [6.45, 7) is 3.21. The number of rotatable bonds is 6. The van der Waals surface area contributed by atoms with Crippen molar-refractivity contribution >= 4 is 17.6 Å². The van der Waals surface area contributed by atoms with Crippen LogP contribution in [0.15, 0.2) is 18.2 Å². The summed E-state index contributed by atoms with van der Waals surface area (Å²) >= 11 is 0. The molecule has 1 unspecified atom stereocenters. The monoisotopic (exact) mass is 280 g/mol. The minimum absolute atomic E-state index is 0.0314. The van der Waals surface area contributed by atoms with Gasteiger partial charge in [0.1, 0.15) is 0 Å². The van der Waals surface area contributed by atoms with E-state index in [0.717, 1.165) is 0 Å². The molecule has 0 aromatic heterocycles. The fourth-order valence-corrected chi connectivity index (χ4v) is 1.72. The first kappa shape index (κ1) is 15.6. The minimum atomic E-state index is -1.16. The number of nitrogens with one attached hydrogen (secondary N) is 1. The fourth-order valence-electron chi connectivity index (χ4n) is 1.72. The van der Waals surface area contributed by atoms with Gasteiger partial charge in [0.05, 0.1) is 11.3 Å². The van der Waals surface area contributed by atoms with E-state index in [2.05, 4.69) is 5.32 Å². The van der Waals surface area contributed by atoms with E-state index in [-0.39, 0.29) is 29.1 Å². The van der Waals surface area contributed by atoms with Crippen LogP contribution in [-0.2, 0) is 4.79 Å². The molecule has 20 heavy (non-hydrogen) atoms. The molecule has 0 fully saturated rings. The van der Waals surface area contributed by atoms with Crippen molar-refractivity contribution in [2.75, 3.05) is 5.32 Å². The van der Waals surface area contributed by atoms with Crippen LogP contribution in [0.1, 0.15) is 48.7 Å². The lowest BCUT2D eigenvalue weighted by Crippen LogP contribution is -2.16. The number of carboxylic acid groups (broad SMARTS) is 1. The van der Waals surface area contributed by atoms with Crippen molar-refractivity contribution in [1.82, 2.24) is 0 Å². The number of carbonyl (C=O) groups is 2. The zero-order valence-electron chi connectivity index (χ0n) is 11.3. The molecule has 2 N–H and O–H groups in total. The summed E-state index contributed by atoms with van der Waals surface area (Å²) in [6.07, 6.45) is 0.897. The third kappa shape index (κ3) is 3.78. The highest BCUT2D eigenvalue weighted by molar-refractivity contribution is 5.94. The highest BCUT2D eigenvalue weighted by Gasteiger charge is 2.22. The van der Waals surface area contributed by atoms with Gasteiger partial charge in [-0.2, -0.15) is 0 Å². The van der Waals surface area contributed by atoms with E-state index in [1.54, 1.807) is 0 Å².